The Bertz CT molecular complexity index is 613. The van der Waals surface area contributed by atoms with Gasteiger partial charge >= 0.3 is 5.97 Å². The van der Waals surface area contributed by atoms with Crippen molar-refractivity contribution < 1.29 is 14.6 Å². The predicted molar refractivity (Wildman–Crippen MR) is 74.8 cm³/mol. The molecule has 2 rings (SSSR count). The zero-order valence-corrected chi connectivity index (χ0v) is 11.6. The standard InChI is InChI=1S/C15H19NO3/c1-10-11(6-5-9-14(17)18)12-7-4-8-13(19-3)15(12)16(10)2/h4,7-8H,5-6,9H2,1-3H3,(H,17,18). The molecule has 1 aromatic heterocycles. The molecular formula is C15H19NO3. The third-order valence-corrected chi connectivity index (χ3v) is 3.64. The molecule has 2 aromatic rings. The second-order valence-corrected chi connectivity index (χ2v) is 4.73. The van der Waals surface area contributed by atoms with Crippen molar-refractivity contribution in [3.8, 4) is 5.75 Å². The van der Waals surface area contributed by atoms with Gasteiger partial charge < -0.3 is 14.4 Å². The topological polar surface area (TPSA) is 51.5 Å². The van der Waals surface area contributed by atoms with Crippen molar-refractivity contribution in [3.05, 3.63) is 29.5 Å². The van der Waals surface area contributed by atoms with Gasteiger partial charge in [0.05, 0.1) is 12.6 Å². The first kappa shape index (κ1) is 13.5. The van der Waals surface area contributed by atoms with E-state index < -0.39 is 5.97 Å². The van der Waals surface area contributed by atoms with E-state index in [0.717, 1.165) is 23.1 Å². The molecule has 0 aliphatic carbocycles. The van der Waals surface area contributed by atoms with E-state index in [0.29, 0.717) is 6.42 Å². The Morgan fingerprint density at radius 2 is 2.16 bits per heavy atom. The van der Waals surface area contributed by atoms with Crippen LogP contribution in [0.4, 0.5) is 0 Å². The first-order valence-electron chi connectivity index (χ1n) is 6.39. The summed E-state index contributed by atoms with van der Waals surface area (Å²) in [5.74, 6) is 0.114. The summed E-state index contributed by atoms with van der Waals surface area (Å²) in [7, 11) is 3.68. The fourth-order valence-corrected chi connectivity index (χ4v) is 2.57. The molecule has 0 unspecified atom stereocenters. The number of benzene rings is 1. The Labute approximate surface area is 112 Å². The lowest BCUT2D eigenvalue weighted by atomic mass is 10.0. The zero-order valence-electron chi connectivity index (χ0n) is 11.6. The van der Waals surface area contributed by atoms with Gasteiger partial charge in [0, 0.05) is 24.5 Å². The molecule has 0 bridgehead atoms. The van der Waals surface area contributed by atoms with Gasteiger partial charge in [-0.15, -0.1) is 0 Å². The maximum Gasteiger partial charge on any atom is 0.303 e. The van der Waals surface area contributed by atoms with Crippen molar-refractivity contribution in [1.29, 1.82) is 0 Å². The van der Waals surface area contributed by atoms with Gasteiger partial charge in [0.25, 0.3) is 0 Å². The minimum Gasteiger partial charge on any atom is -0.495 e. The van der Waals surface area contributed by atoms with Gasteiger partial charge in [-0.1, -0.05) is 12.1 Å². The van der Waals surface area contributed by atoms with Gasteiger partial charge in [-0.25, -0.2) is 0 Å². The third kappa shape index (κ3) is 2.43. The van der Waals surface area contributed by atoms with E-state index in [2.05, 4.69) is 17.6 Å². The molecule has 0 fully saturated rings. The number of carbonyl (C=O) groups is 1. The van der Waals surface area contributed by atoms with Crippen LogP contribution in [0.25, 0.3) is 10.9 Å². The van der Waals surface area contributed by atoms with E-state index >= 15 is 0 Å². The molecule has 0 radical (unpaired) electrons. The average molecular weight is 261 g/mol. The number of hydrogen-bond acceptors (Lipinski definition) is 2. The van der Waals surface area contributed by atoms with Gasteiger partial charge in [0.15, 0.2) is 0 Å². The molecule has 0 amide bonds. The van der Waals surface area contributed by atoms with Crippen molar-refractivity contribution in [2.45, 2.75) is 26.2 Å². The largest absolute Gasteiger partial charge is 0.495 e. The number of aliphatic carboxylic acids is 1. The highest BCUT2D eigenvalue weighted by Crippen LogP contribution is 2.32. The summed E-state index contributed by atoms with van der Waals surface area (Å²) in [4.78, 5) is 10.6. The molecule has 4 heteroatoms. The van der Waals surface area contributed by atoms with Crippen LogP contribution in [0, 0.1) is 6.92 Å². The number of aromatic nitrogens is 1. The molecule has 0 aliphatic rings. The fraction of sp³-hybridized carbons (Fsp3) is 0.400. The Kier molecular flexibility index (Phi) is 3.79. The highest BCUT2D eigenvalue weighted by molar-refractivity contribution is 5.90. The fourth-order valence-electron chi connectivity index (χ4n) is 2.57. The third-order valence-electron chi connectivity index (χ3n) is 3.64. The average Bonchev–Trinajstić information content (AvgIpc) is 2.63. The quantitative estimate of drug-likeness (QED) is 0.900. The van der Waals surface area contributed by atoms with Crippen molar-refractivity contribution in [2.24, 2.45) is 7.05 Å². The van der Waals surface area contributed by atoms with Crippen LogP contribution in [-0.2, 0) is 18.3 Å². The smallest absolute Gasteiger partial charge is 0.303 e. The van der Waals surface area contributed by atoms with Crippen molar-refractivity contribution >= 4 is 16.9 Å². The molecule has 1 heterocycles. The Morgan fingerprint density at radius 1 is 1.42 bits per heavy atom. The van der Waals surface area contributed by atoms with Crippen LogP contribution in [0.15, 0.2) is 18.2 Å². The van der Waals surface area contributed by atoms with E-state index in [9.17, 15) is 4.79 Å². The molecule has 0 atom stereocenters. The van der Waals surface area contributed by atoms with E-state index in [1.54, 1.807) is 7.11 Å². The Morgan fingerprint density at radius 3 is 2.79 bits per heavy atom. The predicted octanol–water partition coefficient (Wildman–Crippen LogP) is 2.90. The normalized spacial score (nSPS) is 10.9. The minimum atomic E-state index is -0.740. The number of hydrogen-bond donors (Lipinski definition) is 1. The minimum absolute atomic E-state index is 0.208. The molecular weight excluding hydrogens is 242 g/mol. The highest BCUT2D eigenvalue weighted by atomic mass is 16.5. The van der Waals surface area contributed by atoms with Crippen LogP contribution in [-0.4, -0.2) is 22.8 Å². The summed E-state index contributed by atoms with van der Waals surface area (Å²) < 4.78 is 7.52. The summed E-state index contributed by atoms with van der Waals surface area (Å²) >= 11 is 0. The lowest BCUT2D eigenvalue weighted by Gasteiger charge is -2.04. The lowest BCUT2D eigenvalue weighted by Crippen LogP contribution is -1.97. The maximum atomic E-state index is 10.6. The first-order valence-corrected chi connectivity index (χ1v) is 6.39. The summed E-state index contributed by atoms with van der Waals surface area (Å²) in [6.07, 6.45) is 1.65. The van der Waals surface area contributed by atoms with Crippen LogP contribution < -0.4 is 4.74 Å². The summed E-state index contributed by atoms with van der Waals surface area (Å²) in [6, 6.07) is 5.99. The summed E-state index contributed by atoms with van der Waals surface area (Å²) in [5.41, 5.74) is 3.47. The van der Waals surface area contributed by atoms with Crippen molar-refractivity contribution in [1.82, 2.24) is 4.57 Å². The number of fused-ring (bicyclic) bond motifs is 1. The molecule has 0 saturated heterocycles. The maximum absolute atomic E-state index is 10.6. The van der Waals surface area contributed by atoms with Crippen LogP contribution in [0.2, 0.25) is 0 Å². The van der Waals surface area contributed by atoms with Gasteiger partial charge in [-0.3, -0.25) is 4.79 Å². The zero-order chi connectivity index (χ0) is 14.0. The number of nitrogens with zero attached hydrogens (tertiary/aromatic N) is 1. The first-order chi connectivity index (χ1) is 9.06. The number of aryl methyl sites for hydroxylation is 2. The molecule has 1 N–H and O–H groups in total. The van der Waals surface area contributed by atoms with E-state index in [1.165, 1.54) is 11.3 Å². The lowest BCUT2D eigenvalue weighted by molar-refractivity contribution is -0.137. The second-order valence-electron chi connectivity index (χ2n) is 4.73. The molecule has 0 spiro atoms. The number of carboxylic acid groups (broad SMARTS) is 1. The molecule has 19 heavy (non-hydrogen) atoms. The molecule has 4 nitrogen and oxygen atoms in total. The van der Waals surface area contributed by atoms with Crippen LogP contribution >= 0.6 is 0 Å². The number of para-hydroxylation sites is 1. The van der Waals surface area contributed by atoms with Gasteiger partial charge in [-0.05, 0) is 31.4 Å². The van der Waals surface area contributed by atoms with Crippen LogP contribution in [0.5, 0.6) is 5.75 Å². The van der Waals surface area contributed by atoms with Crippen molar-refractivity contribution in [2.75, 3.05) is 7.11 Å². The van der Waals surface area contributed by atoms with E-state index in [4.69, 9.17) is 9.84 Å². The highest BCUT2D eigenvalue weighted by Gasteiger charge is 2.15. The molecule has 102 valence electrons. The van der Waals surface area contributed by atoms with Crippen molar-refractivity contribution in [3.63, 3.8) is 0 Å². The Balaban J connectivity index is 2.44. The second kappa shape index (κ2) is 5.34. The number of ether oxygens (including phenoxy) is 1. The van der Waals surface area contributed by atoms with Gasteiger partial charge in [0.1, 0.15) is 5.75 Å². The van der Waals surface area contributed by atoms with Gasteiger partial charge in [-0.2, -0.15) is 0 Å². The Hall–Kier alpha value is -1.97. The van der Waals surface area contributed by atoms with Crippen LogP contribution in [0.3, 0.4) is 0 Å². The van der Waals surface area contributed by atoms with Crippen LogP contribution in [0.1, 0.15) is 24.1 Å². The molecule has 0 saturated carbocycles. The summed E-state index contributed by atoms with van der Waals surface area (Å²) in [6.45, 7) is 2.07. The number of rotatable bonds is 5. The molecule has 0 aliphatic heterocycles. The molecule has 1 aromatic carbocycles. The number of methoxy groups -OCH3 is 1. The number of carboxylic acids is 1. The summed E-state index contributed by atoms with van der Waals surface area (Å²) in [5, 5.41) is 9.89. The van der Waals surface area contributed by atoms with E-state index in [-0.39, 0.29) is 6.42 Å². The van der Waals surface area contributed by atoms with Gasteiger partial charge in [0.2, 0.25) is 0 Å². The monoisotopic (exact) mass is 261 g/mol. The SMILES string of the molecule is COc1cccc2c(CCCC(=O)O)c(C)n(C)c12. The van der Waals surface area contributed by atoms with E-state index in [1.807, 2.05) is 19.2 Å².